The highest BCUT2D eigenvalue weighted by Crippen LogP contribution is 2.72. The van der Waals surface area contributed by atoms with E-state index in [1.165, 1.54) is 75.3 Å². The van der Waals surface area contributed by atoms with Crippen LogP contribution < -0.4 is 5.32 Å². The highest BCUT2D eigenvalue weighted by atomic mass is 16.4. The standard InChI is InChI=1S/C34H49NO2/c1-6-35-34-18-7-8-27(34)24-13-14-29-32(4,26(24)16-21-34)20-17-28-31(2,3)25(15-19-33(28,29)5)22-9-11-23(12-10-22)30(36)37/h9-12,15,24,26-29,35H,6-8,13-14,16-21H2,1-5H3,(H,36,37)/t24?,26?,27-,28?,29?,32?,33?,34?/m1/s1. The van der Waals surface area contributed by atoms with Crippen LogP contribution >= 0.6 is 0 Å². The summed E-state index contributed by atoms with van der Waals surface area (Å²) in [5, 5.41) is 13.4. The molecular weight excluding hydrogens is 454 g/mol. The Morgan fingerprint density at radius 1 is 0.892 bits per heavy atom. The van der Waals surface area contributed by atoms with Gasteiger partial charge >= 0.3 is 5.97 Å². The molecule has 3 nitrogen and oxygen atoms in total. The third-order valence-corrected chi connectivity index (χ3v) is 13.1. The summed E-state index contributed by atoms with van der Waals surface area (Å²) in [7, 11) is 0. The summed E-state index contributed by atoms with van der Waals surface area (Å²) in [5.74, 6) is 3.35. The molecule has 37 heavy (non-hydrogen) atoms. The first-order valence-corrected chi connectivity index (χ1v) is 15.4. The molecule has 7 unspecified atom stereocenters. The Bertz CT molecular complexity index is 1090. The zero-order chi connectivity index (χ0) is 26.2. The van der Waals surface area contributed by atoms with E-state index in [0.717, 1.165) is 30.2 Å². The number of benzene rings is 1. The number of hydrogen-bond donors (Lipinski definition) is 2. The molecule has 0 heterocycles. The van der Waals surface area contributed by atoms with E-state index in [2.05, 4.69) is 46.0 Å². The molecule has 4 saturated carbocycles. The van der Waals surface area contributed by atoms with Crippen LogP contribution in [0.1, 0.15) is 115 Å². The topological polar surface area (TPSA) is 49.3 Å². The molecule has 0 aliphatic heterocycles. The van der Waals surface area contributed by atoms with Crippen molar-refractivity contribution >= 4 is 11.5 Å². The molecular formula is C34H49NO2. The molecule has 0 bridgehead atoms. The van der Waals surface area contributed by atoms with Crippen molar-refractivity contribution in [3.05, 3.63) is 41.5 Å². The van der Waals surface area contributed by atoms with Crippen LogP contribution in [0.15, 0.2) is 30.3 Å². The van der Waals surface area contributed by atoms with E-state index in [-0.39, 0.29) is 5.41 Å². The van der Waals surface area contributed by atoms with E-state index in [0.29, 0.717) is 27.9 Å². The van der Waals surface area contributed by atoms with Gasteiger partial charge in [-0.3, -0.25) is 0 Å². The average Bonchev–Trinajstić information content (AvgIpc) is 3.28. The first-order valence-electron chi connectivity index (χ1n) is 15.4. The molecule has 8 atom stereocenters. The number of rotatable bonds is 4. The molecule has 0 amide bonds. The van der Waals surface area contributed by atoms with Gasteiger partial charge in [0.2, 0.25) is 0 Å². The quantitative estimate of drug-likeness (QED) is 0.435. The van der Waals surface area contributed by atoms with Gasteiger partial charge in [0.15, 0.2) is 0 Å². The van der Waals surface area contributed by atoms with Gasteiger partial charge in [-0.25, -0.2) is 4.79 Å². The van der Waals surface area contributed by atoms with Gasteiger partial charge in [0.05, 0.1) is 5.56 Å². The monoisotopic (exact) mass is 503 g/mol. The van der Waals surface area contributed by atoms with Crippen LogP contribution in [-0.4, -0.2) is 23.2 Å². The maximum atomic E-state index is 11.4. The second kappa shape index (κ2) is 8.70. The van der Waals surface area contributed by atoms with E-state index >= 15 is 0 Å². The SMILES string of the molecule is CCNC12CCC[C@@H]1C1CCC3C(C)(CCC4C(C)(C)C(c5ccc(C(=O)O)cc5)=CCC43C)C1CC2. The molecule has 6 rings (SSSR count). The minimum absolute atomic E-state index is 0.0914. The van der Waals surface area contributed by atoms with Gasteiger partial charge < -0.3 is 10.4 Å². The fourth-order valence-electron chi connectivity index (χ4n) is 11.8. The summed E-state index contributed by atoms with van der Waals surface area (Å²) in [6.07, 6.45) is 16.4. The lowest BCUT2D eigenvalue weighted by atomic mass is 9.37. The van der Waals surface area contributed by atoms with Crippen molar-refractivity contribution in [3.8, 4) is 0 Å². The third kappa shape index (κ3) is 3.58. The third-order valence-electron chi connectivity index (χ3n) is 13.1. The molecule has 1 aromatic rings. The molecule has 0 saturated heterocycles. The van der Waals surface area contributed by atoms with Crippen molar-refractivity contribution < 1.29 is 9.90 Å². The van der Waals surface area contributed by atoms with Gasteiger partial charge in [-0.1, -0.05) is 59.2 Å². The minimum atomic E-state index is -0.846. The van der Waals surface area contributed by atoms with Crippen LogP contribution in [0, 0.1) is 45.8 Å². The minimum Gasteiger partial charge on any atom is -0.478 e. The summed E-state index contributed by atoms with van der Waals surface area (Å²) < 4.78 is 0. The normalized spacial score (nSPS) is 44.1. The van der Waals surface area contributed by atoms with Crippen molar-refractivity contribution in [2.45, 2.75) is 104 Å². The average molecular weight is 504 g/mol. The lowest BCUT2D eigenvalue weighted by Gasteiger charge is -2.68. The second-order valence-corrected chi connectivity index (χ2v) is 14.7. The van der Waals surface area contributed by atoms with Crippen LogP contribution in [0.5, 0.6) is 0 Å². The summed E-state index contributed by atoms with van der Waals surface area (Å²) in [5.41, 5.74) is 4.37. The van der Waals surface area contributed by atoms with E-state index < -0.39 is 5.97 Å². The van der Waals surface area contributed by atoms with Crippen LogP contribution in [-0.2, 0) is 0 Å². The first-order chi connectivity index (χ1) is 17.6. The molecule has 3 heteroatoms. The molecule has 0 spiro atoms. The Labute approximate surface area is 224 Å². The number of aromatic carboxylic acids is 1. The fourth-order valence-corrected chi connectivity index (χ4v) is 11.8. The van der Waals surface area contributed by atoms with Crippen molar-refractivity contribution in [3.63, 3.8) is 0 Å². The maximum absolute atomic E-state index is 11.4. The van der Waals surface area contributed by atoms with Crippen molar-refractivity contribution in [1.29, 1.82) is 0 Å². The Morgan fingerprint density at radius 3 is 2.35 bits per heavy atom. The largest absolute Gasteiger partial charge is 0.478 e. The number of fused-ring (bicyclic) bond motifs is 7. The lowest BCUT2D eigenvalue weighted by Crippen LogP contribution is -2.63. The van der Waals surface area contributed by atoms with Gasteiger partial charge in [0, 0.05) is 5.54 Å². The highest BCUT2D eigenvalue weighted by Gasteiger charge is 2.65. The van der Waals surface area contributed by atoms with Crippen molar-refractivity contribution in [2.24, 2.45) is 45.8 Å². The number of carboxylic acid groups (broad SMARTS) is 1. The summed E-state index contributed by atoms with van der Waals surface area (Å²) in [4.78, 5) is 11.4. The van der Waals surface area contributed by atoms with Gasteiger partial charge in [-0.2, -0.15) is 0 Å². The smallest absolute Gasteiger partial charge is 0.335 e. The van der Waals surface area contributed by atoms with Crippen molar-refractivity contribution in [1.82, 2.24) is 5.32 Å². The zero-order valence-corrected chi connectivity index (χ0v) is 23.9. The highest BCUT2D eigenvalue weighted by molar-refractivity contribution is 5.88. The van der Waals surface area contributed by atoms with Gasteiger partial charge in [0.1, 0.15) is 0 Å². The van der Waals surface area contributed by atoms with E-state index in [4.69, 9.17) is 0 Å². The van der Waals surface area contributed by atoms with Gasteiger partial charge in [-0.15, -0.1) is 0 Å². The number of allylic oxidation sites excluding steroid dienone is 2. The zero-order valence-electron chi connectivity index (χ0n) is 23.9. The van der Waals surface area contributed by atoms with Gasteiger partial charge in [-0.05, 0) is 133 Å². The summed E-state index contributed by atoms with van der Waals surface area (Å²) in [6, 6.07) is 7.64. The lowest BCUT2D eigenvalue weighted by molar-refractivity contribution is -0.172. The van der Waals surface area contributed by atoms with Crippen LogP contribution in [0.3, 0.4) is 0 Å². The maximum Gasteiger partial charge on any atom is 0.335 e. The Hall–Kier alpha value is -1.61. The summed E-state index contributed by atoms with van der Waals surface area (Å²) >= 11 is 0. The van der Waals surface area contributed by atoms with Crippen molar-refractivity contribution in [2.75, 3.05) is 6.54 Å². The number of nitrogens with one attached hydrogen (secondary N) is 1. The molecule has 4 fully saturated rings. The van der Waals surface area contributed by atoms with Crippen LogP contribution in [0.25, 0.3) is 5.57 Å². The Balaban J connectivity index is 1.31. The molecule has 0 radical (unpaired) electrons. The van der Waals surface area contributed by atoms with Crippen LogP contribution in [0.4, 0.5) is 0 Å². The predicted octanol–water partition coefficient (Wildman–Crippen LogP) is 8.21. The molecule has 5 aliphatic carbocycles. The van der Waals surface area contributed by atoms with E-state index in [1.807, 2.05) is 12.1 Å². The number of carboxylic acids is 1. The Morgan fingerprint density at radius 2 is 1.65 bits per heavy atom. The fraction of sp³-hybridized carbons (Fsp3) is 0.735. The molecule has 1 aromatic carbocycles. The van der Waals surface area contributed by atoms with Gasteiger partial charge in [0.25, 0.3) is 0 Å². The van der Waals surface area contributed by atoms with E-state index in [1.54, 1.807) is 12.1 Å². The number of carbonyl (C=O) groups is 1. The molecule has 202 valence electrons. The molecule has 0 aromatic heterocycles. The first kappa shape index (κ1) is 25.7. The van der Waals surface area contributed by atoms with Crippen LogP contribution in [0.2, 0.25) is 0 Å². The second-order valence-electron chi connectivity index (χ2n) is 14.7. The molecule has 5 aliphatic rings. The predicted molar refractivity (Wildman–Crippen MR) is 151 cm³/mol. The van der Waals surface area contributed by atoms with E-state index in [9.17, 15) is 9.90 Å². The summed E-state index contributed by atoms with van der Waals surface area (Å²) in [6.45, 7) is 13.8. The molecule has 2 N–H and O–H groups in total. The number of hydrogen-bond acceptors (Lipinski definition) is 2. The Kier molecular flexibility index (Phi) is 6.03.